The number of amides is 2. The smallest absolute Gasteiger partial charge is 0.243 e. The van der Waals surface area contributed by atoms with Gasteiger partial charge in [0.25, 0.3) is 0 Å². The largest absolute Gasteiger partial charge is 0.495 e. The first-order chi connectivity index (χ1) is 16.5. The minimum absolute atomic E-state index is 0.00788. The lowest BCUT2D eigenvalue weighted by atomic mass is 9.78. The van der Waals surface area contributed by atoms with Crippen LogP contribution >= 0.6 is 11.6 Å². The summed E-state index contributed by atoms with van der Waals surface area (Å²) in [5.41, 5.74) is 0.381. The van der Waals surface area contributed by atoms with E-state index in [-0.39, 0.29) is 22.8 Å². The molecule has 0 unspecified atom stereocenters. The highest BCUT2D eigenvalue weighted by Gasteiger charge is 2.59. The Balaban J connectivity index is 1.19. The van der Waals surface area contributed by atoms with Crippen molar-refractivity contribution in [3.8, 4) is 5.75 Å². The summed E-state index contributed by atoms with van der Waals surface area (Å²) in [7, 11) is 1.57. The number of piperidine rings is 1. The first-order valence-corrected chi connectivity index (χ1v) is 13.1. The number of nitrogens with one attached hydrogen (secondary N) is 1. The maximum Gasteiger partial charge on any atom is 0.243 e. The number of ether oxygens (including phenoxy) is 2. The zero-order valence-electron chi connectivity index (χ0n) is 20.1. The Morgan fingerprint density at radius 3 is 2.41 bits per heavy atom. The van der Waals surface area contributed by atoms with Gasteiger partial charge in [-0.3, -0.25) is 14.5 Å². The molecular weight excluding hydrogens is 454 g/mol. The Morgan fingerprint density at radius 1 is 1.06 bits per heavy atom. The van der Waals surface area contributed by atoms with Crippen molar-refractivity contribution in [1.29, 1.82) is 0 Å². The summed E-state index contributed by atoms with van der Waals surface area (Å²) in [4.78, 5) is 31.3. The molecule has 2 heterocycles. The van der Waals surface area contributed by atoms with E-state index in [1.54, 1.807) is 19.2 Å². The topological polar surface area (TPSA) is 71.1 Å². The second-order valence-corrected chi connectivity index (χ2v) is 10.8. The van der Waals surface area contributed by atoms with Crippen molar-refractivity contribution < 1.29 is 19.1 Å². The van der Waals surface area contributed by atoms with Gasteiger partial charge in [-0.15, -0.1) is 0 Å². The van der Waals surface area contributed by atoms with Crippen molar-refractivity contribution in [3.05, 3.63) is 23.2 Å². The second-order valence-electron chi connectivity index (χ2n) is 10.4. The fourth-order valence-electron chi connectivity index (χ4n) is 6.49. The SMILES string of the molecule is COc1ccc(NC(=O)[C@@H]2CC23CCN(C(=O)C2(N4CCOCC4)CCCCC2)CC3)cc1Cl. The van der Waals surface area contributed by atoms with E-state index >= 15 is 0 Å². The molecule has 1 aromatic rings. The summed E-state index contributed by atoms with van der Waals surface area (Å²) in [6.07, 6.45) is 8.10. The Morgan fingerprint density at radius 2 is 1.76 bits per heavy atom. The number of morpholine rings is 1. The molecule has 1 aromatic carbocycles. The van der Waals surface area contributed by atoms with Gasteiger partial charge in [0.1, 0.15) is 11.3 Å². The normalized spacial score (nSPS) is 26.2. The van der Waals surface area contributed by atoms with E-state index < -0.39 is 0 Å². The summed E-state index contributed by atoms with van der Waals surface area (Å²) in [5, 5.41) is 3.51. The molecule has 34 heavy (non-hydrogen) atoms. The zero-order valence-corrected chi connectivity index (χ0v) is 20.9. The molecule has 4 fully saturated rings. The number of hydrogen-bond acceptors (Lipinski definition) is 5. The summed E-state index contributed by atoms with van der Waals surface area (Å²) >= 11 is 6.20. The predicted octanol–water partition coefficient (Wildman–Crippen LogP) is 3.95. The van der Waals surface area contributed by atoms with Crippen molar-refractivity contribution >= 4 is 29.1 Å². The second kappa shape index (κ2) is 9.67. The standard InChI is InChI=1S/C26H36ClN3O4/c1-33-22-6-5-19(17-21(22)27)28-23(31)20-18-25(20)9-11-29(12-10-25)24(32)26(7-3-2-4-8-26)30-13-15-34-16-14-30/h5-6,17,20H,2-4,7-16,18H2,1H3,(H,28,31)/t20-/m0/s1. The lowest BCUT2D eigenvalue weighted by Crippen LogP contribution is -2.63. The van der Waals surface area contributed by atoms with Crippen molar-refractivity contribution in [2.24, 2.45) is 11.3 Å². The van der Waals surface area contributed by atoms with Crippen molar-refractivity contribution in [3.63, 3.8) is 0 Å². The lowest BCUT2D eigenvalue weighted by molar-refractivity contribution is -0.153. The van der Waals surface area contributed by atoms with E-state index in [2.05, 4.69) is 15.1 Å². The highest BCUT2D eigenvalue weighted by molar-refractivity contribution is 6.32. The summed E-state index contributed by atoms with van der Waals surface area (Å²) in [6.45, 7) is 4.64. The van der Waals surface area contributed by atoms with Gasteiger partial charge in [0, 0.05) is 37.8 Å². The third-order valence-electron chi connectivity index (χ3n) is 8.67. The number of likely N-dealkylation sites (tertiary alicyclic amines) is 1. The minimum atomic E-state index is -0.347. The van der Waals surface area contributed by atoms with E-state index in [1.165, 1.54) is 6.42 Å². The average Bonchev–Trinajstić information content (AvgIpc) is 3.58. The number of hydrogen-bond donors (Lipinski definition) is 1. The molecule has 2 saturated heterocycles. The Bertz CT molecular complexity index is 919. The highest BCUT2D eigenvalue weighted by atomic mass is 35.5. The third-order valence-corrected chi connectivity index (χ3v) is 8.96. The maximum atomic E-state index is 13.9. The number of methoxy groups -OCH3 is 1. The van der Waals surface area contributed by atoms with E-state index in [0.29, 0.717) is 35.6 Å². The first kappa shape index (κ1) is 23.9. The molecule has 2 amide bonds. The molecule has 0 bridgehead atoms. The van der Waals surface area contributed by atoms with Gasteiger partial charge < -0.3 is 19.7 Å². The Hall–Kier alpha value is -1.83. The average molecular weight is 490 g/mol. The van der Waals surface area contributed by atoms with Crippen LogP contribution in [0.5, 0.6) is 5.75 Å². The van der Waals surface area contributed by atoms with Gasteiger partial charge in [-0.25, -0.2) is 0 Å². The van der Waals surface area contributed by atoms with Crippen LogP contribution in [0.1, 0.15) is 51.4 Å². The molecule has 1 atom stereocenters. The number of nitrogens with zero attached hydrogens (tertiary/aromatic N) is 2. The van der Waals surface area contributed by atoms with E-state index in [0.717, 1.165) is 71.1 Å². The first-order valence-electron chi connectivity index (χ1n) is 12.7. The molecule has 1 N–H and O–H groups in total. The number of benzene rings is 1. The molecule has 2 saturated carbocycles. The van der Waals surface area contributed by atoms with Crippen molar-refractivity contribution in [2.75, 3.05) is 51.8 Å². The minimum Gasteiger partial charge on any atom is -0.495 e. The van der Waals surface area contributed by atoms with Gasteiger partial charge in [-0.2, -0.15) is 0 Å². The van der Waals surface area contributed by atoms with Gasteiger partial charge in [0.2, 0.25) is 11.8 Å². The maximum absolute atomic E-state index is 13.9. The molecule has 2 aliphatic carbocycles. The van der Waals surface area contributed by atoms with Crippen LogP contribution in [0.15, 0.2) is 18.2 Å². The number of carbonyl (C=O) groups excluding carboxylic acids is 2. The number of rotatable bonds is 5. The predicted molar refractivity (Wildman–Crippen MR) is 131 cm³/mol. The zero-order chi connectivity index (χ0) is 23.8. The van der Waals surface area contributed by atoms with Crippen molar-refractivity contribution in [2.45, 2.75) is 56.9 Å². The summed E-state index contributed by atoms with van der Waals surface area (Å²) < 4.78 is 10.8. The quantitative estimate of drug-likeness (QED) is 0.678. The Kier molecular flexibility index (Phi) is 6.79. The van der Waals surface area contributed by atoms with Crippen LogP contribution in [0.25, 0.3) is 0 Å². The van der Waals surface area contributed by atoms with Crippen LogP contribution in [0, 0.1) is 11.3 Å². The molecule has 186 valence electrons. The van der Waals surface area contributed by atoms with Crippen LogP contribution in [0.4, 0.5) is 5.69 Å². The molecule has 5 rings (SSSR count). The molecule has 0 radical (unpaired) electrons. The Labute approximate surface area is 207 Å². The monoisotopic (exact) mass is 489 g/mol. The highest BCUT2D eigenvalue weighted by Crippen LogP contribution is 2.60. The van der Waals surface area contributed by atoms with Gasteiger partial charge in [0.05, 0.1) is 25.3 Å². The van der Waals surface area contributed by atoms with Crippen molar-refractivity contribution in [1.82, 2.24) is 9.80 Å². The van der Waals surface area contributed by atoms with Gasteiger partial charge >= 0.3 is 0 Å². The molecular formula is C26H36ClN3O4. The van der Waals surface area contributed by atoms with Gasteiger partial charge in [-0.1, -0.05) is 30.9 Å². The molecule has 4 aliphatic rings. The molecule has 1 spiro atoms. The van der Waals surface area contributed by atoms with E-state index in [4.69, 9.17) is 21.1 Å². The summed E-state index contributed by atoms with van der Waals surface area (Å²) in [6, 6.07) is 5.30. The molecule has 0 aromatic heterocycles. The fraction of sp³-hybridized carbons (Fsp3) is 0.692. The number of halogens is 1. The van der Waals surface area contributed by atoms with Gasteiger partial charge in [0.15, 0.2) is 0 Å². The number of carbonyl (C=O) groups is 2. The van der Waals surface area contributed by atoms with Crippen LogP contribution in [-0.2, 0) is 14.3 Å². The van der Waals surface area contributed by atoms with Gasteiger partial charge in [-0.05, 0) is 55.7 Å². The fourth-order valence-corrected chi connectivity index (χ4v) is 6.75. The number of anilines is 1. The molecule has 8 heteroatoms. The van der Waals surface area contributed by atoms with Crippen LogP contribution in [0.2, 0.25) is 5.02 Å². The van der Waals surface area contributed by atoms with Crippen LogP contribution in [-0.4, -0.2) is 73.7 Å². The summed E-state index contributed by atoms with van der Waals surface area (Å²) in [5.74, 6) is 0.970. The van der Waals surface area contributed by atoms with Crippen LogP contribution in [0.3, 0.4) is 0 Å². The van der Waals surface area contributed by atoms with Crippen LogP contribution < -0.4 is 10.1 Å². The molecule has 2 aliphatic heterocycles. The lowest BCUT2D eigenvalue weighted by Gasteiger charge is -2.49. The third kappa shape index (κ3) is 4.42. The molecule has 7 nitrogen and oxygen atoms in total. The van der Waals surface area contributed by atoms with E-state index in [9.17, 15) is 9.59 Å². The van der Waals surface area contributed by atoms with E-state index in [1.807, 2.05) is 6.07 Å².